The van der Waals surface area contributed by atoms with Crippen LogP contribution in [0, 0.1) is 18.6 Å². The molecule has 27 heavy (non-hydrogen) atoms. The van der Waals surface area contributed by atoms with Gasteiger partial charge in [0.2, 0.25) is 5.95 Å². The van der Waals surface area contributed by atoms with Crippen LogP contribution >= 0.6 is 11.6 Å². The van der Waals surface area contributed by atoms with Gasteiger partial charge in [0.05, 0.1) is 21.6 Å². The molecule has 4 rings (SSSR count). The van der Waals surface area contributed by atoms with Crippen molar-refractivity contribution in [2.24, 2.45) is 0 Å². The van der Waals surface area contributed by atoms with Crippen molar-refractivity contribution in [3.05, 3.63) is 58.9 Å². The lowest BCUT2D eigenvalue weighted by Crippen LogP contribution is -2.10. The van der Waals surface area contributed by atoms with Gasteiger partial charge in [-0.05, 0) is 36.8 Å². The zero-order valence-electron chi connectivity index (χ0n) is 14.0. The fourth-order valence-corrected chi connectivity index (χ4v) is 3.13. The molecule has 2 aromatic carbocycles. The Bertz CT molecular complexity index is 1200. The molecule has 0 saturated carbocycles. The first kappa shape index (κ1) is 17.2. The lowest BCUT2D eigenvalue weighted by Gasteiger charge is -2.15. The fourth-order valence-electron chi connectivity index (χ4n) is 3.01. The number of aromatic nitrogens is 4. The van der Waals surface area contributed by atoms with Crippen molar-refractivity contribution in [3.63, 3.8) is 0 Å². The van der Waals surface area contributed by atoms with E-state index in [1.54, 1.807) is 23.6 Å². The minimum atomic E-state index is -0.616. The van der Waals surface area contributed by atoms with Gasteiger partial charge >= 0.3 is 0 Å². The zero-order chi connectivity index (χ0) is 19.3. The maximum atomic E-state index is 14.0. The molecule has 0 aliphatic rings. The van der Waals surface area contributed by atoms with Crippen LogP contribution in [0.5, 0.6) is 0 Å². The van der Waals surface area contributed by atoms with Gasteiger partial charge in [-0.25, -0.2) is 13.8 Å². The summed E-state index contributed by atoms with van der Waals surface area (Å²) in [7, 11) is 0. The van der Waals surface area contributed by atoms with Gasteiger partial charge in [0.25, 0.3) is 0 Å². The number of rotatable bonds is 2. The molecule has 0 aliphatic carbocycles. The Morgan fingerprint density at radius 2 is 1.78 bits per heavy atom. The number of nitrogens with two attached hydrogens (primary N) is 2. The van der Waals surface area contributed by atoms with Crippen LogP contribution in [-0.4, -0.2) is 19.5 Å². The third-order valence-electron chi connectivity index (χ3n) is 4.14. The van der Waals surface area contributed by atoms with Crippen LogP contribution in [0.2, 0.25) is 5.02 Å². The Morgan fingerprint density at radius 1 is 1.00 bits per heavy atom. The van der Waals surface area contributed by atoms with Gasteiger partial charge in [0.15, 0.2) is 5.82 Å². The molecule has 9 heteroatoms. The molecule has 4 aromatic rings. The summed E-state index contributed by atoms with van der Waals surface area (Å²) in [4.78, 5) is 12.7. The molecule has 2 aromatic heterocycles. The summed E-state index contributed by atoms with van der Waals surface area (Å²) in [5.74, 6) is -0.265. The summed E-state index contributed by atoms with van der Waals surface area (Å²) < 4.78 is 29.5. The SMILES string of the molecule is Cc1nc2ccc(F)cc2n1-c1nc(N)nc(N)c1-c1ccc(Cl)c(F)c1. The molecule has 0 atom stereocenters. The summed E-state index contributed by atoms with van der Waals surface area (Å²) >= 11 is 5.78. The largest absolute Gasteiger partial charge is 0.383 e. The minimum absolute atomic E-state index is 0.0263. The highest BCUT2D eigenvalue weighted by Crippen LogP contribution is 2.34. The van der Waals surface area contributed by atoms with Crippen molar-refractivity contribution in [1.29, 1.82) is 0 Å². The number of imidazole rings is 1. The van der Waals surface area contributed by atoms with Crippen LogP contribution < -0.4 is 11.5 Å². The fraction of sp³-hybridized carbons (Fsp3) is 0.0556. The molecule has 136 valence electrons. The predicted octanol–water partition coefficient (Wildman–Crippen LogP) is 3.89. The standard InChI is InChI=1S/C18H13ClF2N6/c1-8-24-13-5-3-10(20)7-14(13)27(8)17-15(16(22)25-18(23)26-17)9-2-4-11(19)12(21)6-9/h2-7H,1H3,(H4,22,23,25,26). The first-order chi connectivity index (χ1) is 12.8. The smallest absolute Gasteiger partial charge is 0.224 e. The Labute approximate surface area is 157 Å². The summed E-state index contributed by atoms with van der Waals surface area (Å²) in [6.07, 6.45) is 0. The van der Waals surface area contributed by atoms with Crippen molar-refractivity contribution in [2.75, 3.05) is 11.5 Å². The second-order valence-electron chi connectivity index (χ2n) is 5.92. The van der Waals surface area contributed by atoms with E-state index in [2.05, 4.69) is 15.0 Å². The molecule has 2 heterocycles. The van der Waals surface area contributed by atoms with Gasteiger partial charge in [0.1, 0.15) is 23.3 Å². The Morgan fingerprint density at radius 3 is 2.52 bits per heavy atom. The van der Waals surface area contributed by atoms with Crippen LogP contribution in [0.3, 0.4) is 0 Å². The van der Waals surface area contributed by atoms with E-state index >= 15 is 0 Å². The normalized spacial score (nSPS) is 11.3. The topological polar surface area (TPSA) is 95.6 Å². The van der Waals surface area contributed by atoms with Gasteiger partial charge in [-0.15, -0.1) is 0 Å². The third-order valence-corrected chi connectivity index (χ3v) is 4.45. The first-order valence-electron chi connectivity index (χ1n) is 7.88. The molecule has 0 bridgehead atoms. The number of hydrogen-bond acceptors (Lipinski definition) is 5. The maximum Gasteiger partial charge on any atom is 0.224 e. The van der Waals surface area contributed by atoms with Crippen LogP contribution in [-0.2, 0) is 0 Å². The molecule has 0 spiro atoms. The van der Waals surface area contributed by atoms with Crippen molar-refractivity contribution in [1.82, 2.24) is 19.5 Å². The second-order valence-corrected chi connectivity index (χ2v) is 6.33. The van der Waals surface area contributed by atoms with Crippen LogP contribution in [0.1, 0.15) is 5.82 Å². The van der Waals surface area contributed by atoms with E-state index in [1.165, 1.54) is 24.3 Å². The van der Waals surface area contributed by atoms with E-state index in [0.29, 0.717) is 28.0 Å². The number of nitrogen functional groups attached to an aromatic ring is 2. The zero-order valence-corrected chi connectivity index (χ0v) is 14.8. The summed E-state index contributed by atoms with van der Waals surface area (Å²) in [5.41, 5.74) is 13.6. The van der Waals surface area contributed by atoms with E-state index in [1.807, 2.05) is 0 Å². The van der Waals surface area contributed by atoms with E-state index < -0.39 is 11.6 Å². The van der Waals surface area contributed by atoms with Crippen LogP contribution in [0.25, 0.3) is 28.0 Å². The van der Waals surface area contributed by atoms with Gasteiger partial charge in [-0.3, -0.25) is 4.57 Å². The third kappa shape index (κ3) is 2.83. The van der Waals surface area contributed by atoms with Crippen molar-refractivity contribution in [2.45, 2.75) is 6.92 Å². The number of halogens is 3. The van der Waals surface area contributed by atoms with Gasteiger partial charge in [-0.1, -0.05) is 17.7 Å². The molecular weight excluding hydrogens is 374 g/mol. The quantitative estimate of drug-likeness (QED) is 0.545. The number of hydrogen-bond donors (Lipinski definition) is 2. The van der Waals surface area contributed by atoms with E-state index in [4.69, 9.17) is 23.1 Å². The molecular formula is C18H13ClF2N6. The highest BCUT2D eigenvalue weighted by atomic mass is 35.5. The van der Waals surface area contributed by atoms with Crippen molar-refractivity contribution >= 4 is 34.4 Å². The number of fused-ring (bicyclic) bond motifs is 1. The van der Waals surface area contributed by atoms with Gasteiger partial charge in [-0.2, -0.15) is 9.97 Å². The number of aryl methyl sites for hydroxylation is 1. The van der Waals surface area contributed by atoms with Crippen LogP contribution in [0.15, 0.2) is 36.4 Å². The summed E-state index contributed by atoms with van der Waals surface area (Å²) in [6.45, 7) is 1.73. The average molecular weight is 387 g/mol. The molecule has 4 N–H and O–H groups in total. The molecule has 0 radical (unpaired) electrons. The molecule has 6 nitrogen and oxygen atoms in total. The lowest BCUT2D eigenvalue weighted by molar-refractivity contribution is 0.628. The number of nitrogens with zero attached hydrogens (tertiary/aromatic N) is 4. The van der Waals surface area contributed by atoms with Gasteiger partial charge < -0.3 is 11.5 Å². The first-order valence-corrected chi connectivity index (χ1v) is 8.26. The molecule has 0 fully saturated rings. The van der Waals surface area contributed by atoms with Crippen molar-refractivity contribution < 1.29 is 8.78 Å². The highest BCUT2D eigenvalue weighted by molar-refractivity contribution is 6.30. The monoisotopic (exact) mass is 386 g/mol. The molecule has 0 unspecified atom stereocenters. The predicted molar refractivity (Wildman–Crippen MR) is 101 cm³/mol. The Kier molecular flexibility index (Phi) is 3.92. The average Bonchev–Trinajstić information content (AvgIpc) is 2.92. The van der Waals surface area contributed by atoms with Crippen molar-refractivity contribution in [3.8, 4) is 16.9 Å². The second kappa shape index (κ2) is 6.17. The maximum absolute atomic E-state index is 14.0. The van der Waals surface area contributed by atoms with E-state index in [-0.39, 0.29) is 22.6 Å². The van der Waals surface area contributed by atoms with E-state index in [0.717, 1.165) is 0 Å². The van der Waals surface area contributed by atoms with Crippen LogP contribution in [0.4, 0.5) is 20.5 Å². The molecule has 0 amide bonds. The minimum Gasteiger partial charge on any atom is -0.383 e. The molecule has 0 aliphatic heterocycles. The van der Waals surface area contributed by atoms with Gasteiger partial charge in [0, 0.05) is 6.07 Å². The summed E-state index contributed by atoms with van der Waals surface area (Å²) in [6, 6.07) is 8.43. The Balaban J connectivity index is 2.09. The van der Waals surface area contributed by atoms with E-state index in [9.17, 15) is 8.78 Å². The lowest BCUT2D eigenvalue weighted by atomic mass is 10.1. The summed E-state index contributed by atoms with van der Waals surface area (Å²) in [5, 5.41) is -0.0263. The molecule has 0 saturated heterocycles. The number of anilines is 2. The Hall–Kier alpha value is -3.26. The number of benzene rings is 2. The highest BCUT2D eigenvalue weighted by Gasteiger charge is 2.20.